The van der Waals surface area contributed by atoms with Crippen molar-refractivity contribution in [2.24, 2.45) is 33.9 Å². The van der Waals surface area contributed by atoms with Gasteiger partial charge in [0.25, 0.3) is 0 Å². The molecule has 26 heavy (non-hydrogen) atoms. The molecule has 4 atom stereocenters. The molecule has 0 radical (unpaired) electrons. The summed E-state index contributed by atoms with van der Waals surface area (Å²) in [4.78, 5) is 23.8. The first kappa shape index (κ1) is 17.7. The Balaban J connectivity index is 1.08. The Kier molecular flexibility index (Phi) is 5.36. The Morgan fingerprint density at radius 1 is 0.769 bits per heavy atom. The van der Waals surface area contributed by atoms with E-state index in [2.05, 4.69) is 21.1 Å². The summed E-state index contributed by atoms with van der Waals surface area (Å²) in [5.74, 6) is 2.75. The second-order valence-electron chi connectivity index (χ2n) is 8.64. The fourth-order valence-electron chi connectivity index (χ4n) is 5.28. The molecule has 4 saturated carbocycles. The van der Waals surface area contributed by atoms with E-state index >= 15 is 0 Å². The summed E-state index contributed by atoms with van der Waals surface area (Å²) < 4.78 is 0. The topological polar surface area (TPSA) is 82.9 Å². The van der Waals surface area contributed by atoms with E-state index < -0.39 is 0 Å². The van der Waals surface area contributed by atoms with Crippen LogP contribution in [0.4, 0.5) is 0 Å². The minimum Gasteiger partial charge on any atom is -0.273 e. The smallest absolute Gasteiger partial charge is 0.240 e. The second-order valence-corrected chi connectivity index (χ2v) is 8.64. The average Bonchev–Trinajstić information content (AvgIpc) is 3.42. The highest BCUT2D eigenvalue weighted by Gasteiger charge is 2.37. The Hall–Kier alpha value is -1.72. The number of hydrogen-bond acceptors (Lipinski definition) is 4. The highest BCUT2D eigenvalue weighted by atomic mass is 16.2. The summed E-state index contributed by atoms with van der Waals surface area (Å²) in [7, 11) is 0. The minimum atomic E-state index is -0.0390. The summed E-state index contributed by atoms with van der Waals surface area (Å²) in [5, 5.41) is 8.66. The molecule has 2 N–H and O–H groups in total. The predicted molar refractivity (Wildman–Crippen MR) is 101 cm³/mol. The molecule has 6 nitrogen and oxygen atoms in total. The van der Waals surface area contributed by atoms with Gasteiger partial charge in [-0.1, -0.05) is 0 Å². The van der Waals surface area contributed by atoms with Gasteiger partial charge in [0.05, 0.1) is 0 Å². The molecule has 0 spiro atoms. The number of nitrogens with one attached hydrogen (secondary N) is 2. The number of carbonyl (C=O) groups is 2. The van der Waals surface area contributed by atoms with E-state index in [1.165, 1.54) is 49.9 Å². The molecular weight excluding hydrogens is 328 g/mol. The van der Waals surface area contributed by atoms with Gasteiger partial charge in [0.15, 0.2) is 0 Å². The van der Waals surface area contributed by atoms with Gasteiger partial charge in [0.1, 0.15) is 0 Å². The van der Waals surface area contributed by atoms with E-state index in [4.69, 9.17) is 0 Å². The maximum absolute atomic E-state index is 11.9. The maximum Gasteiger partial charge on any atom is 0.240 e. The number of amides is 2. The van der Waals surface area contributed by atoms with Crippen molar-refractivity contribution in [1.29, 1.82) is 0 Å². The van der Waals surface area contributed by atoms with Crippen LogP contribution in [0.2, 0.25) is 0 Å². The van der Waals surface area contributed by atoms with Gasteiger partial charge in [-0.15, -0.1) is 0 Å². The molecule has 0 heterocycles. The van der Waals surface area contributed by atoms with Gasteiger partial charge >= 0.3 is 0 Å². The number of unbranched alkanes of at least 4 members (excludes halogenated alkanes) is 1. The molecular formula is C20H30N4O2. The normalized spacial score (nSPS) is 34.8. The second kappa shape index (κ2) is 7.89. The van der Waals surface area contributed by atoms with Crippen LogP contribution in [0.1, 0.15) is 77.0 Å². The zero-order valence-electron chi connectivity index (χ0n) is 15.5. The molecule has 142 valence electrons. The SMILES string of the molecule is O=C(CCCCC(=O)N/N=C1\CC2CCC1C2)N/N=C1\CC2CCC1C2. The lowest BCUT2D eigenvalue weighted by atomic mass is 9.99. The molecule has 0 saturated heterocycles. The van der Waals surface area contributed by atoms with E-state index in [9.17, 15) is 9.59 Å². The van der Waals surface area contributed by atoms with Gasteiger partial charge in [-0.2, -0.15) is 10.2 Å². The lowest BCUT2D eigenvalue weighted by Gasteiger charge is -2.12. The fraction of sp³-hybridized carbons (Fsp3) is 0.800. The monoisotopic (exact) mass is 358 g/mol. The van der Waals surface area contributed by atoms with Crippen LogP contribution in [0.3, 0.4) is 0 Å². The van der Waals surface area contributed by atoms with E-state index in [1.807, 2.05) is 0 Å². The van der Waals surface area contributed by atoms with Crippen LogP contribution in [0.25, 0.3) is 0 Å². The Labute approximate surface area is 155 Å². The Morgan fingerprint density at radius 2 is 1.23 bits per heavy atom. The van der Waals surface area contributed by atoms with Crippen LogP contribution >= 0.6 is 0 Å². The molecule has 0 aromatic heterocycles. The zero-order valence-corrected chi connectivity index (χ0v) is 15.5. The number of carbonyl (C=O) groups excluding carboxylic acids is 2. The fourth-order valence-corrected chi connectivity index (χ4v) is 5.28. The number of hydrogen-bond donors (Lipinski definition) is 2. The van der Waals surface area contributed by atoms with Gasteiger partial charge in [-0.25, -0.2) is 10.9 Å². The first-order chi connectivity index (χ1) is 12.7. The van der Waals surface area contributed by atoms with Gasteiger partial charge in [0, 0.05) is 24.3 Å². The van der Waals surface area contributed by atoms with Crippen molar-refractivity contribution in [2.75, 3.05) is 0 Å². The number of rotatable bonds is 7. The molecule has 6 heteroatoms. The molecule has 4 aliphatic carbocycles. The summed E-state index contributed by atoms with van der Waals surface area (Å²) >= 11 is 0. The molecule has 4 aliphatic rings. The molecule has 4 fully saturated rings. The van der Waals surface area contributed by atoms with Crippen LogP contribution in [0.15, 0.2) is 10.2 Å². The molecule has 0 aliphatic heterocycles. The van der Waals surface area contributed by atoms with Crippen molar-refractivity contribution < 1.29 is 9.59 Å². The largest absolute Gasteiger partial charge is 0.273 e. The van der Waals surface area contributed by atoms with Crippen molar-refractivity contribution in [1.82, 2.24) is 10.9 Å². The van der Waals surface area contributed by atoms with Crippen molar-refractivity contribution in [3.05, 3.63) is 0 Å². The van der Waals surface area contributed by atoms with Crippen LogP contribution in [0, 0.1) is 23.7 Å². The lowest BCUT2D eigenvalue weighted by Crippen LogP contribution is -2.22. The van der Waals surface area contributed by atoms with Crippen LogP contribution in [-0.2, 0) is 9.59 Å². The van der Waals surface area contributed by atoms with Gasteiger partial charge < -0.3 is 0 Å². The molecule has 0 aromatic carbocycles. The van der Waals surface area contributed by atoms with Gasteiger partial charge in [-0.05, 0) is 87.9 Å². The first-order valence-corrected chi connectivity index (χ1v) is 10.4. The van der Waals surface area contributed by atoms with Gasteiger partial charge in [-0.3, -0.25) is 9.59 Å². The van der Waals surface area contributed by atoms with Crippen molar-refractivity contribution in [2.45, 2.75) is 77.0 Å². The molecule has 2 amide bonds. The molecule has 4 unspecified atom stereocenters. The summed E-state index contributed by atoms with van der Waals surface area (Å²) in [6.07, 6.45) is 12.0. The van der Waals surface area contributed by atoms with Crippen molar-refractivity contribution in [3.63, 3.8) is 0 Å². The third-order valence-corrected chi connectivity index (χ3v) is 6.73. The minimum absolute atomic E-state index is 0.0390. The molecule has 4 rings (SSSR count). The number of nitrogens with zero attached hydrogens (tertiary/aromatic N) is 2. The van der Waals surface area contributed by atoms with Crippen molar-refractivity contribution >= 4 is 23.2 Å². The quantitative estimate of drug-likeness (QED) is 0.541. The standard InChI is InChI=1S/C20H30N4O2/c25-19(23-21-17-11-13-5-7-15(17)9-13)3-1-2-4-20(26)24-22-18-12-14-6-8-16(18)10-14/h13-16H,1-12H2,(H,23,25)(H,24,26)/b21-17+,22-18+. The maximum atomic E-state index is 11.9. The predicted octanol–water partition coefficient (Wildman–Crippen LogP) is 3.13. The summed E-state index contributed by atoms with van der Waals surface area (Å²) in [6, 6.07) is 0. The highest BCUT2D eigenvalue weighted by Crippen LogP contribution is 2.43. The van der Waals surface area contributed by atoms with E-state index in [1.54, 1.807) is 0 Å². The zero-order chi connectivity index (χ0) is 17.9. The highest BCUT2D eigenvalue weighted by molar-refractivity contribution is 5.91. The molecule has 4 bridgehead atoms. The number of hydrazone groups is 2. The summed E-state index contributed by atoms with van der Waals surface area (Å²) in [6.45, 7) is 0. The van der Waals surface area contributed by atoms with Crippen molar-refractivity contribution in [3.8, 4) is 0 Å². The van der Waals surface area contributed by atoms with Gasteiger partial charge in [0.2, 0.25) is 11.8 Å². The molecule has 0 aromatic rings. The number of fused-ring (bicyclic) bond motifs is 4. The lowest BCUT2D eigenvalue weighted by molar-refractivity contribution is -0.123. The third-order valence-electron chi connectivity index (χ3n) is 6.73. The van der Waals surface area contributed by atoms with E-state index in [-0.39, 0.29) is 11.8 Å². The Bertz CT molecular complexity index is 573. The van der Waals surface area contributed by atoms with E-state index in [0.717, 1.165) is 24.7 Å². The van der Waals surface area contributed by atoms with Crippen LogP contribution in [-0.4, -0.2) is 23.2 Å². The van der Waals surface area contributed by atoms with Crippen LogP contribution < -0.4 is 10.9 Å². The average molecular weight is 358 g/mol. The first-order valence-electron chi connectivity index (χ1n) is 10.4. The third kappa shape index (κ3) is 4.15. The summed E-state index contributed by atoms with van der Waals surface area (Å²) in [5.41, 5.74) is 7.78. The van der Waals surface area contributed by atoms with E-state index in [0.29, 0.717) is 37.5 Å². The van der Waals surface area contributed by atoms with Crippen LogP contribution in [0.5, 0.6) is 0 Å². The Morgan fingerprint density at radius 3 is 1.58 bits per heavy atom.